The van der Waals surface area contributed by atoms with Gasteiger partial charge in [0.2, 0.25) is 0 Å². The monoisotopic (exact) mass is 420 g/mol. The third-order valence-electron chi connectivity index (χ3n) is 1.49. The normalized spacial score (nSPS) is 18.0. The summed E-state index contributed by atoms with van der Waals surface area (Å²) in [5, 5.41) is 0. The number of ether oxygens (including phenoxy) is 1. The van der Waals surface area contributed by atoms with E-state index < -0.39 is 34.5 Å². The first-order chi connectivity index (χ1) is 7.65. The number of hydrogen-bond acceptors (Lipinski definition) is 1. The molecule has 1 atom stereocenters. The Morgan fingerprint density at radius 1 is 0.889 bits per heavy atom. The van der Waals surface area contributed by atoms with Crippen LogP contribution in [-0.4, -0.2) is 34.5 Å². The van der Waals surface area contributed by atoms with Gasteiger partial charge in [0.1, 0.15) is 6.61 Å². The summed E-state index contributed by atoms with van der Waals surface area (Å²) >= 11 is 2.49. The van der Waals surface area contributed by atoms with Crippen molar-refractivity contribution in [2.75, 3.05) is 6.61 Å². The highest BCUT2D eigenvalue weighted by Gasteiger charge is 2.70. The third-order valence-corrected chi connectivity index (χ3v) is 3.52. The summed E-state index contributed by atoms with van der Waals surface area (Å²) in [6.45, 7) is -2.64. The molecule has 0 fully saturated rings. The van der Waals surface area contributed by atoms with Gasteiger partial charge in [0.05, 0.1) is 0 Å². The fraction of sp³-hybridized carbons (Fsp3) is 1.00. The van der Waals surface area contributed by atoms with Crippen LogP contribution in [0.15, 0.2) is 0 Å². The molecule has 0 spiro atoms. The highest BCUT2D eigenvalue weighted by Crippen LogP contribution is 2.52. The lowest BCUT2D eigenvalue weighted by molar-refractivity contribution is -0.329. The lowest BCUT2D eigenvalue weighted by Crippen LogP contribution is -2.52. The van der Waals surface area contributed by atoms with Gasteiger partial charge in [0.25, 0.3) is 0 Å². The molecule has 0 aromatic carbocycles. The maximum atomic E-state index is 13.0. The van der Waals surface area contributed by atoms with Crippen LogP contribution in [0, 0.1) is 0 Å². The van der Waals surface area contributed by atoms with E-state index in [1.165, 1.54) is 31.9 Å². The average Bonchev–Trinajstić information content (AvgIpc) is 2.12. The minimum absolute atomic E-state index is 1.23. The van der Waals surface area contributed by atoms with Crippen molar-refractivity contribution in [1.82, 2.24) is 0 Å². The van der Waals surface area contributed by atoms with Gasteiger partial charge < -0.3 is 4.74 Å². The Kier molecular flexibility index (Phi) is 5.43. The summed E-state index contributed by atoms with van der Waals surface area (Å²) in [6.07, 6.45) is -9.86. The number of hydrogen-bond donors (Lipinski definition) is 0. The van der Waals surface area contributed by atoms with Crippen LogP contribution in [0.25, 0.3) is 0 Å². The molecule has 0 aliphatic carbocycles. The van der Waals surface area contributed by atoms with Gasteiger partial charge in [-0.2, -0.15) is 26.3 Å². The summed E-state index contributed by atoms with van der Waals surface area (Å²) in [5.74, 6) is -5.03. The zero-order valence-corrected chi connectivity index (χ0v) is 11.0. The lowest BCUT2D eigenvalue weighted by Gasteiger charge is -2.31. The first kappa shape index (κ1) is 18.3. The van der Waals surface area contributed by atoms with Crippen LogP contribution >= 0.6 is 31.9 Å². The standard InChI is InChI=1S/C6H3Br2F9O/c7-4(13,5(8,14)15)6(16,17)18-1-3(11,12)2(9)10/h2H,1H2. The average molecular weight is 422 g/mol. The van der Waals surface area contributed by atoms with E-state index >= 15 is 0 Å². The minimum atomic E-state index is -5.49. The maximum absolute atomic E-state index is 13.0. The van der Waals surface area contributed by atoms with Crippen molar-refractivity contribution in [3.63, 3.8) is 0 Å². The molecule has 110 valence electrons. The number of alkyl halides is 11. The second-order valence-electron chi connectivity index (χ2n) is 2.94. The summed E-state index contributed by atoms with van der Waals surface area (Å²) in [4.78, 5) is -4.90. The molecule has 12 heteroatoms. The van der Waals surface area contributed by atoms with Gasteiger partial charge in [0.15, 0.2) is 0 Å². The van der Waals surface area contributed by atoms with Crippen LogP contribution < -0.4 is 0 Å². The number of rotatable bonds is 6. The quantitative estimate of drug-likeness (QED) is 0.452. The number of halogens is 11. The summed E-state index contributed by atoms with van der Waals surface area (Å²) in [6, 6.07) is 0. The second-order valence-corrected chi connectivity index (χ2v) is 5.03. The van der Waals surface area contributed by atoms with Crippen LogP contribution in [0.5, 0.6) is 0 Å². The molecule has 18 heavy (non-hydrogen) atoms. The summed E-state index contributed by atoms with van der Waals surface area (Å²) in [5.41, 5.74) is 0. The molecule has 0 heterocycles. The lowest BCUT2D eigenvalue weighted by atomic mass is 10.3. The third kappa shape index (κ3) is 3.89. The molecule has 0 bridgehead atoms. The van der Waals surface area contributed by atoms with Gasteiger partial charge >= 0.3 is 27.9 Å². The van der Waals surface area contributed by atoms with Crippen LogP contribution in [-0.2, 0) is 4.74 Å². The van der Waals surface area contributed by atoms with Crippen molar-refractivity contribution in [3.8, 4) is 0 Å². The van der Waals surface area contributed by atoms with Crippen molar-refractivity contribution in [2.45, 2.75) is 27.9 Å². The Balaban J connectivity index is 4.88. The molecule has 0 radical (unpaired) electrons. The van der Waals surface area contributed by atoms with E-state index in [-0.39, 0.29) is 0 Å². The van der Waals surface area contributed by atoms with E-state index in [4.69, 9.17) is 0 Å². The second kappa shape index (κ2) is 5.35. The first-order valence-electron chi connectivity index (χ1n) is 3.77. The zero-order chi connectivity index (χ0) is 15.0. The topological polar surface area (TPSA) is 9.23 Å². The molecule has 0 amide bonds. The van der Waals surface area contributed by atoms with Gasteiger partial charge in [-0.05, 0) is 31.9 Å². The van der Waals surface area contributed by atoms with Crippen LogP contribution in [0.4, 0.5) is 39.5 Å². The zero-order valence-electron chi connectivity index (χ0n) is 7.85. The van der Waals surface area contributed by atoms with Gasteiger partial charge in [-0.3, -0.25) is 0 Å². The molecular weight excluding hydrogens is 419 g/mol. The molecule has 0 aromatic rings. The molecule has 0 saturated heterocycles. The Morgan fingerprint density at radius 2 is 1.28 bits per heavy atom. The predicted molar refractivity (Wildman–Crippen MR) is 48.5 cm³/mol. The Bertz CT molecular complexity index is 287. The van der Waals surface area contributed by atoms with E-state index in [0.29, 0.717) is 0 Å². The smallest absolute Gasteiger partial charge is 0.310 e. The predicted octanol–water partition coefficient (Wildman–Crippen LogP) is 4.54. The highest BCUT2D eigenvalue weighted by molar-refractivity contribution is 9.12. The van der Waals surface area contributed by atoms with Crippen molar-refractivity contribution < 1.29 is 44.3 Å². The van der Waals surface area contributed by atoms with E-state index in [2.05, 4.69) is 4.74 Å². The Morgan fingerprint density at radius 3 is 1.56 bits per heavy atom. The fourth-order valence-corrected chi connectivity index (χ4v) is 0.851. The SMILES string of the molecule is FC(F)C(F)(F)COC(F)(F)C(F)(Br)C(F)(F)Br. The van der Waals surface area contributed by atoms with E-state index in [1.54, 1.807) is 0 Å². The van der Waals surface area contributed by atoms with Gasteiger partial charge in [0, 0.05) is 0 Å². The molecule has 1 nitrogen and oxygen atoms in total. The molecule has 0 aromatic heterocycles. The molecule has 0 aliphatic heterocycles. The molecule has 0 rings (SSSR count). The molecular formula is C6H3Br2F9O. The summed E-state index contributed by atoms with van der Waals surface area (Å²) in [7, 11) is 0. The molecule has 0 aliphatic rings. The Hall–Kier alpha value is 0.290. The minimum Gasteiger partial charge on any atom is -0.310 e. The fourth-order valence-electron chi connectivity index (χ4n) is 0.505. The largest absolute Gasteiger partial charge is 0.407 e. The van der Waals surface area contributed by atoms with Crippen LogP contribution in [0.1, 0.15) is 0 Å². The van der Waals surface area contributed by atoms with Crippen molar-refractivity contribution in [2.24, 2.45) is 0 Å². The summed E-state index contributed by atoms with van der Waals surface area (Å²) < 4.78 is 109. The van der Waals surface area contributed by atoms with E-state index in [9.17, 15) is 39.5 Å². The Labute approximate surface area is 111 Å². The molecule has 1 unspecified atom stereocenters. The van der Waals surface area contributed by atoms with Crippen LogP contribution in [0.2, 0.25) is 0 Å². The van der Waals surface area contributed by atoms with Crippen molar-refractivity contribution in [3.05, 3.63) is 0 Å². The first-order valence-corrected chi connectivity index (χ1v) is 5.36. The van der Waals surface area contributed by atoms with Crippen LogP contribution in [0.3, 0.4) is 0 Å². The van der Waals surface area contributed by atoms with Crippen molar-refractivity contribution in [1.29, 1.82) is 0 Å². The van der Waals surface area contributed by atoms with Gasteiger partial charge in [-0.25, -0.2) is 13.2 Å². The maximum Gasteiger partial charge on any atom is 0.407 e. The van der Waals surface area contributed by atoms with Gasteiger partial charge in [-0.15, -0.1) is 0 Å². The van der Waals surface area contributed by atoms with Gasteiger partial charge in [-0.1, -0.05) is 0 Å². The van der Waals surface area contributed by atoms with E-state index in [1.807, 2.05) is 0 Å². The highest BCUT2D eigenvalue weighted by atomic mass is 79.9. The van der Waals surface area contributed by atoms with E-state index in [0.717, 1.165) is 0 Å². The van der Waals surface area contributed by atoms with Crippen molar-refractivity contribution >= 4 is 31.9 Å². The molecule has 0 saturated carbocycles. The molecule has 0 N–H and O–H groups in total.